The normalized spacial score (nSPS) is 14.1. The maximum Gasteiger partial charge on any atom is 0.0547 e. The minimum absolute atomic E-state index is 0.0149. The highest BCUT2D eigenvalue weighted by Crippen LogP contribution is 2.53. The average Bonchev–Trinajstić information content (AvgIpc) is 3.38. The zero-order valence-corrected chi connectivity index (χ0v) is 20.4. The smallest absolute Gasteiger partial charge is 0.0547 e. The van der Waals surface area contributed by atoms with E-state index in [1.807, 2.05) is 0 Å². The van der Waals surface area contributed by atoms with Crippen LogP contribution in [0, 0.1) is 0 Å². The molecule has 0 saturated carbocycles. The fraction of sp³-hybridized carbons (Fsp3) is 0.0857. The van der Waals surface area contributed by atoms with Crippen LogP contribution >= 0.6 is 0 Å². The Hall–Kier alpha value is -4.36. The van der Waals surface area contributed by atoms with E-state index in [-0.39, 0.29) is 5.41 Å². The Morgan fingerprint density at radius 3 is 2.17 bits per heavy atom. The summed E-state index contributed by atoms with van der Waals surface area (Å²) >= 11 is 0. The van der Waals surface area contributed by atoms with E-state index < -0.39 is 0 Å². The van der Waals surface area contributed by atoms with Crippen molar-refractivity contribution in [1.82, 2.24) is 4.57 Å². The van der Waals surface area contributed by atoms with E-state index in [9.17, 15) is 0 Å². The van der Waals surface area contributed by atoms with E-state index in [0.717, 1.165) is 0 Å². The van der Waals surface area contributed by atoms with E-state index in [0.29, 0.717) is 0 Å². The molecule has 0 aliphatic heterocycles. The molecule has 0 bridgehead atoms. The summed E-state index contributed by atoms with van der Waals surface area (Å²) in [6, 6.07) is 42.6. The third kappa shape index (κ3) is 2.45. The number of benzene rings is 6. The van der Waals surface area contributed by atoms with Crippen LogP contribution < -0.4 is 0 Å². The van der Waals surface area contributed by atoms with E-state index in [2.05, 4.69) is 134 Å². The summed E-state index contributed by atoms with van der Waals surface area (Å²) in [5.41, 5.74) is 9.31. The van der Waals surface area contributed by atoms with Crippen LogP contribution in [0.2, 0.25) is 0 Å². The monoisotopic (exact) mass is 459 g/mol. The summed E-state index contributed by atoms with van der Waals surface area (Å²) < 4.78 is 2.45. The van der Waals surface area contributed by atoms with Gasteiger partial charge in [0.25, 0.3) is 0 Å². The van der Waals surface area contributed by atoms with Crippen LogP contribution in [0.3, 0.4) is 0 Å². The molecule has 1 aliphatic rings. The summed E-state index contributed by atoms with van der Waals surface area (Å²) in [6.45, 7) is 4.73. The largest absolute Gasteiger partial charge is 0.309 e. The molecule has 0 atom stereocenters. The summed E-state index contributed by atoms with van der Waals surface area (Å²) in [5.74, 6) is 0. The SMILES string of the molecule is CC1(C)c2ccccc2-c2c1ccc1ccc3c(c4ccccc4n3-c3ccc4ccccc4c3)c21. The summed E-state index contributed by atoms with van der Waals surface area (Å²) in [7, 11) is 0. The van der Waals surface area contributed by atoms with Crippen LogP contribution in [0.4, 0.5) is 0 Å². The van der Waals surface area contributed by atoms with Gasteiger partial charge in [-0.15, -0.1) is 0 Å². The molecular weight excluding hydrogens is 434 g/mol. The van der Waals surface area contributed by atoms with Gasteiger partial charge in [0.15, 0.2) is 0 Å². The van der Waals surface area contributed by atoms with Crippen molar-refractivity contribution in [3.05, 3.63) is 126 Å². The van der Waals surface area contributed by atoms with Crippen LogP contribution in [-0.4, -0.2) is 4.57 Å². The van der Waals surface area contributed by atoms with Gasteiger partial charge in [0, 0.05) is 21.9 Å². The van der Waals surface area contributed by atoms with Crippen molar-refractivity contribution >= 4 is 43.4 Å². The van der Waals surface area contributed by atoms with Gasteiger partial charge in [-0.25, -0.2) is 0 Å². The second-order valence-corrected chi connectivity index (χ2v) is 10.6. The first-order valence-electron chi connectivity index (χ1n) is 12.7. The topological polar surface area (TPSA) is 4.93 Å². The fourth-order valence-electron chi connectivity index (χ4n) is 6.66. The number of rotatable bonds is 1. The lowest BCUT2D eigenvalue weighted by Gasteiger charge is -2.21. The van der Waals surface area contributed by atoms with E-state index in [1.165, 1.54) is 71.3 Å². The lowest BCUT2D eigenvalue weighted by Crippen LogP contribution is -2.14. The fourth-order valence-corrected chi connectivity index (χ4v) is 6.66. The zero-order valence-electron chi connectivity index (χ0n) is 20.4. The standard InChI is InChI=1S/C35H25N/c1-35(2)28-13-7-5-11-26(28)33-29(35)19-16-23-17-20-31-34(32(23)33)27-12-6-8-14-30(27)36(31)25-18-15-22-9-3-4-10-24(22)21-25/h3-21H,1-2H3. The molecule has 0 amide bonds. The van der Waals surface area contributed by atoms with Crippen LogP contribution in [-0.2, 0) is 5.41 Å². The number of aromatic nitrogens is 1. The molecule has 7 aromatic rings. The molecule has 1 aliphatic carbocycles. The molecule has 170 valence electrons. The molecule has 0 radical (unpaired) electrons. The third-order valence-corrected chi connectivity index (χ3v) is 8.35. The molecule has 0 unspecified atom stereocenters. The number of nitrogens with zero attached hydrogens (tertiary/aromatic N) is 1. The second kappa shape index (κ2) is 6.86. The maximum atomic E-state index is 2.45. The van der Waals surface area contributed by atoms with Crippen molar-refractivity contribution in [2.75, 3.05) is 0 Å². The third-order valence-electron chi connectivity index (χ3n) is 8.35. The molecule has 1 heteroatoms. The number of fused-ring (bicyclic) bond motifs is 10. The van der Waals surface area contributed by atoms with Gasteiger partial charge in [-0.2, -0.15) is 0 Å². The number of hydrogen-bond donors (Lipinski definition) is 0. The maximum absolute atomic E-state index is 2.45. The summed E-state index contributed by atoms with van der Waals surface area (Å²) in [4.78, 5) is 0. The van der Waals surface area contributed by atoms with E-state index in [4.69, 9.17) is 0 Å². The highest BCUT2D eigenvalue weighted by atomic mass is 15.0. The van der Waals surface area contributed by atoms with Gasteiger partial charge in [-0.3, -0.25) is 0 Å². The van der Waals surface area contributed by atoms with Crippen LogP contribution in [0.5, 0.6) is 0 Å². The van der Waals surface area contributed by atoms with Crippen molar-refractivity contribution in [2.24, 2.45) is 0 Å². The predicted octanol–water partition coefficient (Wildman–Crippen LogP) is 9.40. The lowest BCUT2D eigenvalue weighted by molar-refractivity contribution is 0.661. The Morgan fingerprint density at radius 2 is 1.25 bits per heavy atom. The van der Waals surface area contributed by atoms with E-state index in [1.54, 1.807) is 0 Å². The first-order valence-corrected chi connectivity index (χ1v) is 12.7. The van der Waals surface area contributed by atoms with Gasteiger partial charge in [-0.1, -0.05) is 105 Å². The molecule has 1 heterocycles. The van der Waals surface area contributed by atoms with Gasteiger partial charge in [-0.05, 0) is 68.1 Å². The van der Waals surface area contributed by atoms with Crippen LogP contribution in [0.1, 0.15) is 25.0 Å². The van der Waals surface area contributed by atoms with Gasteiger partial charge >= 0.3 is 0 Å². The Balaban J connectivity index is 1.57. The van der Waals surface area contributed by atoms with Crippen molar-refractivity contribution in [3.63, 3.8) is 0 Å². The Labute approximate surface area is 210 Å². The summed E-state index contributed by atoms with van der Waals surface area (Å²) in [6.07, 6.45) is 0. The van der Waals surface area contributed by atoms with E-state index >= 15 is 0 Å². The highest BCUT2D eigenvalue weighted by molar-refractivity contribution is 6.26. The van der Waals surface area contributed by atoms with Gasteiger partial charge in [0.2, 0.25) is 0 Å². The average molecular weight is 460 g/mol. The first-order chi connectivity index (χ1) is 17.6. The minimum atomic E-state index is -0.0149. The van der Waals surface area contributed by atoms with Crippen molar-refractivity contribution < 1.29 is 0 Å². The molecule has 0 N–H and O–H groups in total. The molecule has 0 saturated heterocycles. The first kappa shape index (κ1) is 19.9. The van der Waals surface area contributed by atoms with Gasteiger partial charge in [0.1, 0.15) is 0 Å². The molecule has 0 fully saturated rings. The molecule has 0 spiro atoms. The van der Waals surface area contributed by atoms with Gasteiger partial charge in [0.05, 0.1) is 11.0 Å². The van der Waals surface area contributed by atoms with Crippen LogP contribution in [0.25, 0.3) is 60.2 Å². The molecule has 1 nitrogen and oxygen atoms in total. The zero-order chi connectivity index (χ0) is 24.0. The molecular formula is C35H25N. The van der Waals surface area contributed by atoms with Gasteiger partial charge < -0.3 is 4.57 Å². The Kier molecular flexibility index (Phi) is 3.79. The summed E-state index contributed by atoms with van der Waals surface area (Å²) in [5, 5.41) is 7.86. The second-order valence-electron chi connectivity index (χ2n) is 10.6. The van der Waals surface area contributed by atoms with Crippen molar-refractivity contribution in [3.8, 4) is 16.8 Å². The molecule has 6 aromatic carbocycles. The molecule has 36 heavy (non-hydrogen) atoms. The Bertz CT molecular complexity index is 2020. The van der Waals surface area contributed by atoms with Crippen molar-refractivity contribution in [1.29, 1.82) is 0 Å². The number of hydrogen-bond acceptors (Lipinski definition) is 0. The molecule has 1 aromatic heterocycles. The highest BCUT2D eigenvalue weighted by Gasteiger charge is 2.36. The Morgan fingerprint density at radius 1 is 0.528 bits per heavy atom. The predicted molar refractivity (Wildman–Crippen MR) is 153 cm³/mol. The number of para-hydroxylation sites is 1. The quantitative estimate of drug-likeness (QED) is 0.230. The minimum Gasteiger partial charge on any atom is -0.309 e. The van der Waals surface area contributed by atoms with Crippen molar-refractivity contribution in [2.45, 2.75) is 19.3 Å². The van der Waals surface area contributed by atoms with Crippen LogP contribution in [0.15, 0.2) is 115 Å². The molecule has 8 rings (SSSR count). The lowest BCUT2D eigenvalue weighted by atomic mass is 9.82.